The number of ether oxygens (including phenoxy) is 3. The summed E-state index contributed by atoms with van der Waals surface area (Å²) in [5.74, 6) is -1.11. The minimum absolute atomic E-state index is 0.141. The fourth-order valence-corrected chi connectivity index (χ4v) is 6.96. The first-order valence-electron chi connectivity index (χ1n) is 17.0. The van der Waals surface area contributed by atoms with Crippen LogP contribution in [0.5, 0.6) is 0 Å². The number of methoxy groups -OCH3 is 1. The predicted molar refractivity (Wildman–Crippen MR) is 188 cm³/mol. The Morgan fingerprint density at radius 1 is 1.08 bits per heavy atom. The van der Waals surface area contributed by atoms with Gasteiger partial charge in [-0.1, -0.05) is 70.2 Å². The lowest BCUT2D eigenvalue weighted by molar-refractivity contribution is -0.154. The summed E-state index contributed by atoms with van der Waals surface area (Å²) in [6.45, 7) is 9.16. The second-order valence-electron chi connectivity index (χ2n) is 13.4. The minimum Gasteiger partial charge on any atom is -0.453 e. The zero-order chi connectivity index (χ0) is 34.6. The van der Waals surface area contributed by atoms with Crippen LogP contribution >= 0.6 is 0 Å². The van der Waals surface area contributed by atoms with Crippen LogP contribution in [-0.2, 0) is 19.0 Å². The zero-order valence-corrected chi connectivity index (χ0v) is 28.9. The van der Waals surface area contributed by atoms with Gasteiger partial charge >= 0.3 is 6.09 Å². The third kappa shape index (κ3) is 7.54. The number of likely N-dealkylation sites (tertiary alicyclic amines) is 1. The van der Waals surface area contributed by atoms with Crippen molar-refractivity contribution in [2.24, 2.45) is 11.8 Å². The average molecular weight is 662 g/mol. The fourth-order valence-electron chi connectivity index (χ4n) is 6.96. The van der Waals surface area contributed by atoms with E-state index in [4.69, 9.17) is 19.9 Å². The van der Waals surface area contributed by atoms with E-state index in [-0.39, 0.29) is 36.8 Å². The molecule has 0 saturated carbocycles. The minimum atomic E-state index is -1.17. The summed E-state index contributed by atoms with van der Waals surface area (Å²) < 4.78 is 16.8. The van der Waals surface area contributed by atoms with Gasteiger partial charge in [0.1, 0.15) is 6.23 Å². The average Bonchev–Trinajstić information content (AvgIpc) is 3.72. The number of nitrogens with two attached hydrogens (primary N) is 1. The van der Waals surface area contributed by atoms with Gasteiger partial charge < -0.3 is 41.0 Å². The first kappa shape index (κ1) is 35.4. The number of benzene rings is 2. The fraction of sp³-hybridized carbons (Fsp3) is 0.514. The van der Waals surface area contributed by atoms with Gasteiger partial charge in [-0.05, 0) is 64.6 Å². The number of hydrogen-bond acceptors (Lipinski definition) is 9. The van der Waals surface area contributed by atoms with E-state index in [1.54, 1.807) is 4.90 Å². The number of alkyl carbamates (subject to hydrolysis) is 1. The van der Waals surface area contributed by atoms with Gasteiger partial charge in [-0.15, -0.1) is 0 Å². The lowest BCUT2D eigenvalue weighted by atomic mass is 9.83. The molecule has 2 aromatic rings. The number of aliphatic hydroxyl groups is 1. The van der Waals surface area contributed by atoms with Crippen LogP contribution in [0.2, 0.25) is 0 Å². The number of anilines is 2. The number of nitrogen functional groups attached to an aromatic ring is 1. The molecule has 260 valence electrons. The van der Waals surface area contributed by atoms with Crippen LogP contribution < -0.4 is 21.7 Å². The van der Waals surface area contributed by atoms with Gasteiger partial charge in [-0.25, -0.2) is 4.79 Å². The molecule has 48 heavy (non-hydrogen) atoms. The highest BCUT2D eigenvalue weighted by atomic mass is 16.7. The zero-order valence-electron chi connectivity index (χ0n) is 28.9. The molecule has 11 heteroatoms. The summed E-state index contributed by atoms with van der Waals surface area (Å²) in [7, 11) is 3.14. The summed E-state index contributed by atoms with van der Waals surface area (Å²) in [5.41, 5.74) is 13.3. The van der Waals surface area contributed by atoms with E-state index in [0.717, 1.165) is 39.9 Å². The van der Waals surface area contributed by atoms with E-state index in [2.05, 4.69) is 72.3 Å². The monoisotopic (exact) mass is 661 g/mol. The summed E-state index contributed by atoms with van der Waals surface area (Å²) in [5, 5.41) is 20.7. The molecule has 6 N–H and O–H groups in total. The lowest BCUT2D eigenvalue weighted by Gasteiger charge is -2.36. The molecule has 0 radical (unpaired) electrons. The van der Waals surface area contributed by atoms with E-state index < -0.39 is 30.2 Å². The molecule has 0 aromatic heterocycles. The molecule has 1 spiro atoms. The number of carbonyl (C=O) groups is 2. The highest BCUT2D eigenvalue weighted by molar-refractivity contribution is 5.84. The Hall–Kier alpha value is -3.90. The molecule has 5 rings (SSSR count). The SMILES string of the molecule is CCC(C)C1=CC(c2ccc(-c3ccc(NC)c(N)c3)cc2)=CCC1NC(=O)C1CC2(CN1C(O)C(NC(=O)OC)C(C)C)OCCO2. The smallest absolute Gasteiger partial charge is 0.407 e. The van der Waals surface area contributed by atoms with Crippen molar-refractivity contribution in [2.45, 2.75) is 77.1 Å². The highest BCUT2D eigenvalue weighted by Gasteiger charge is 2.54. The number of amides is 2. The van der Waals surface area contributed by atoms with Crippen LogP contribution in [0.25, 0.3) is 16.7 Å². The Labute approximate surface area is 283 Å². The van der Waals surface area contributed by atoms with Gasteiger partial charge in [-0.2, -0.15) is 0 Å². The number of nitrogens with zero attached hydrogens (tertiary/aromatic N) is 1. The van der Waals surface area contributed by atoms with Crippen molar-refractivity contribution in [3.05, 3.63) is 65.8 Å². The molecule has 2 aromatic carbocycles. The number of rotatable bonds is 11. The summed E-state index contributed by atoms with van der Waals surface area (Å²) in [4.78, 5) is 28.0. The molecule has 1 aliphatic carbocycles. The molecule has 2 heterocycles. The van der Waals surface area contributed by atoms with Gasteiger partial charge in [0.15, 0.2) is 5.79 Å². The highest BCUT2D eigenvalue weighted by Crippen LogP contribution is 2.38. The normalized spacial score (nSPS) is 22.5. The second-order valence-corrected chi connectivity index (χ2v) is 13.4. The molecule has 5 atom stereocenters. The third-order valence-corrected chi connectivity index (χ3v) is 9.96. The van der Waals surface area contributed by atoms with Crippen molar-refractivity contribution in [1.29, 1.82) is 0 Å². The lowest BCUT2D eigenvalue weighted by Crippen LogP contribution is -2.58. The van der Waals surface area contributed by atoms with Crippen LogP contribution in [-0.4, -0.2) is 86.1 Å². The molecule has 3 aliphatic rings. The van der Waals surface area contributed by atoms with Crippen LogP contribution in [0.4, 0.5) is 16.2 Å². The predicted octanol–water partition coefficient (Wildman–Crippen LogP) is 4.74. The van der Waals surface area contributed by atoms with Crippen LogP contribution in [0.1, 0.15) is 52.5 Å². The van der Waals surface area contributed by atoms with Crippen molar-refractivity contribution in [3.63, 3.8) is 0 Å². The van der Waals surface area contributed by atoms with E-state index in [9.17, 15) is 14.7 Å². The first-order valence-corrected chi connectivity index (χ1v) is 17.0. The number of hydrogen-bond donors (Lipinski definition) is 5. The Balaban J connectivity index is 1.35. The molecule has 2 fully saturated rings. The molecular weight excluding hydrogens is 610 g/mol. The molecule has 2 amide bonds. The maximum Gasteiger partial charge on any atom is 0.407 e. The number of nitrogens with one attached hydrogen (secondary N) is 3. The van der Waals surface area contributed by atoms with Crippen molar-refractivity contribution < 1.29 is 28.9 Å². The Kier molecular flexibility index (Phi) is 11.1. The van der Waals surface area contributed by atoms with E-state index in [1.807, 2.05) is 33.0 Å². The van der Waals surface area contributed by atoms with Crippen molar-refractivity contribution in [2.75, 3.05) is 45.0 Å². The van der Waals surface area contributed by atoms with Gasteiger partial charge in [0.25, 0.3) is 0 Å². The largest absolute Gasteiger partial charge is 0.453 e. The van der Waals surface area contributed by atoms with Crippen molar-refractivity contribution in [1.82, 2.24) is 15.5 Å². The van der Waals surface area contributed by atoms with Gasteiger partial charge in [0.05, 0.1) is 56.4 Å². The molecule has 2 aliphatic heterocycles. The van der Waals surface area contributed by atoms with E-state index >= 15 is 0 Å². The standard InChI is InChI=1S/C37H51N5O6/c1-7-23(4)28-18-26(24-8-10-25(11-9-24)27-13-15-31(39-5)29(38)19-27)12-14-30(28)40-34(43)32-20-37(47-16-17-48-37)21-42(32)35(44)33(22(2)3)41-36(45)46-6/h8-13,15,18-19,22-23,30,32-33,35,39,44H,7,14,16-17,20-21,38H2,1-6H3,(H,40,43)(H,41,45). The quantitative estimate of drug-likeness (QED) is 0.216. The van der Waals surface area contributed by atoms with Gasteiger partial charge in [0, 0.05) is 13.5 Å². The topological polar surface area (TPSA) is 147 Å². The molecule has 11 nitrogen and oxygen atoms in total. The summed E-state index contributed by atoms with van der Waals surface area (Å²) in [6.07, 6.45) is 4.38. The molecule has 5 unspecified atom stereocenters. The Morgan fingerprint density at radius 2 is 1.75 bits per heavy atom. The number of aliphatic hydroxyl groups excluding tert-OH is 1. The number of carbonyl (C=O) groups excluding carboxylic acids is 2. The second kappa shape index (κ2) is 15.1. The van der Waals surface area contributed by atoms with E-state index in [0.29, 0.717) is 25.3 Å². The van der Waals surface area contributed by atoms with Gasteiger partial charge in [-0.3, -0.25) is 9.69 Å². The van der Waals surface area contributed by atoms with Crippen molar-refractivity contribution in [3.8, 4) is 11.1 Å². The first-order chi connectivity index (χ1) is 23.0. The third-order valence-electron chi connectivity index (χ3n) is 9.96. The Bertz CT molecular complexity index is 1520. The van der Waals surface area contributed by atoms with Crippen LogP contribution in [0, 0.1) is 11.8 Å². The van der Waals surface area contributed by atoms with Crippen LogP contribution in [0.15, 0.2) is 60.2 Å². The maximum atomic E-state index is 14.1. The maximum absolute atomic E-state index is 14.1. The Morgan fingerprint density at radius 3 is 2.35 bits per heavy atom. The van der Waals surface area contributed by atoms with Crippen LogP contribution in [0.3, 0.4) is 0 Å². The van der Waals surface area contributed by atoms with E-state index in [1.165, 1.54) is 7.11 Å². The molecule has 2 saturated heterocycles. The van der Waals surface area contributed by atoms with Crippen molar-refractivity contribution >= 4 is 28.9 Å². The molecular formula is C37H51N5O6. The number of allylic oxidation sites excluding steroid dienone is 2. The van der Waals surface area contributed by atoms with Gasteiger partial charge in [0.2, 0.25) is 5.91 Å². The summed E-state index contributed by atoms with van der Waals surface area (Å²) >= 11 is 0. The molecule has 0 bridgehead atoms. The summed E-state index contributed by atoms with van der Waals surface area (Å²) in [6, 6.07) is 12.9.